The Kier molecular flexibility index (Phi) is 72.3. The van der Waals surface area contributed by atoms with Gasteiger partial charge >= 0.3 is 0 Å². The van der Waals surface area contributed by atoms with Gasteiger partial charge in [0.2, 0.25) is 5.91 Å². The van der Waals surface area contributed by atoms with E-state index in [4.69, 9.17) is 28.4 Å². The van der Waals surface area contributed by atoms with Crippen molar-refractivity contribution in [1.82, 2.24) is 5.32 Å². The van der Waals surface area contributed by atoms with Gasteiger partial charge in [0.05, 0.1) is 38.6 Å². The summed E-state index contributed by atoms with van der Waals surface area (Å²) in [5.74, 6) is -0.230. The second-order valence-electron chi connectivity index (χ2n) is 36.0. The molecular weight excluding hydrogens is 1470 g/mol. The Hall–Kier alpha value is -1.47. The lowest BCUT2D eigenvalue weighted by Gasteiger charge is -2.48. The molecule has 0 aliphatic carbocycles. The minimum Gasteiger partial charge on any atom is -0.394 e. The van der Waals surface area contributed by atoms with Gasteiger partial charge in [-0.1, -0.05) is 437 Å². The fourth-order valence-electron chi connectivity index (χ4n) is 17.4. The normalized spacial score (nSPS) is 24.4. The van der Waals surface area contributed by atoms with Crippen LogP contribution in [0.5, 0.6) is 0 Å². The summed E-state index contributed by atoms with van der Waals surface area (Å²) in [6, 6.07) is -0.886. The average molecular weight is 1660 g/mol. The maximum absolute atomic E-state index is 13.6. The monoisotopic (exact) mass is 1650 g/mol. The van der Waals surface area contributed by atoms with E-state index in [9.17, 15) is 61.0 Å². The lowest BCUT2D eigenvalue weighted by atomic mass is 9.96. The Morgan fingerprint density at radius 1 is 0.302 bits per heavy atom. The molecule has 0 aromatic heterocycles. The standard InChI is InChI=1S/C97H187NO18/c1-3-5-7-9-11-13-15-17-19-21-23-25-27-29-31-33-35-36-37-38-39-40-41-42-43-44-45-47-49-51-53-55-57-59-61-63-65-67-69-71-73-75-85(103)98-80(81(102)74-72-70-68-66-64-62-60-58-56-54-52-50-48-46-34-32-30-28-26-24-22-20-18-16-14-12-10-8-6-4-2)79-111-95-91(109)88(106)93(83(77-100)113-95)116-97-92(110)89(107)94(84(78-101)114-97)115-96-90(108)87(105)86(104)82(76-99)112-96/h21,23,80-84,86-97,99-102,104-110H,3-20,22,24-79H2,1-2H3,(H,98,103)/b23-21-. The van der Waals surface area contributed by atoms with Crippen LogP contribution in [0.4, 0.5) is 0 Å². The Morgan fingerprint density at radius 2 is 0.543 bits per heavy atom. The highest BCUT2D eigenvalue weighted by Crippen LogP contribution is 2.34. The average Bonchev–Trinajstić information content (AvgIpc) is 0.783. The van der Waals surface area contributed by atoms with Crippen LogP contribution in [0.2, 0.25) is 0 Å². The SMILES string of the molecule is CCCCCCCCCC/C=C\CCCCCCCCCCCCCCCCCCCCCCCCCCCCCCCC(=O)NC(COC1OC(CO)C(OC2OC(CO)C(OC3OC(CO)C(O)C(O)C3O)C(O)C2O)C(O)C1O)C(O)CCCCCCCCCCCCCCCCCCCCCCCCCCCCCCCC. The Labute approximate surface area is 709 Å². The highest BCUT2D eigenvalue weighted by atomic mass is 16.8. The van der Waals surface area contributed by atoms with E-state index in [1.165, 1.54) is 392 Å². The molecule has 0 bridgehead atoms. The summed E-state index contributed by atoms with van der Waals surface area (Å²) in [7, 11) is 0. The maximum Gasteiger partial charge on any atom is 0.220 e. The highest BCUT2D eigenvalue weighted by Gasteiger charge is 2.54. The first-order valence-electron chi connectivity index (χ1n) is 49.9. The number of carbonyl (C=O) groups excluding carboxylic acids is 1. The van der Waals surface area contributed by atoms with Gasteiger partial charge in [0, 0.05) is 6.42 Å². The van der Waals surface area contributed by atoms with Gasteiger partial charge in [0.1, 0.15) is 73.2 Å². The zero-order valence-corrected chi connectivity index (χ0v) is 74.8. The topological polar surface area (TPSA) is 307 Å². The Bertz CT molecular complexity index is 2130. The first-order valence-corrected chi connectivity index (χ1v) is 49.9. The van der Waals surface area contributed by atoms with Crippen LogP contribution in [-0.4, -0.2) is 193 Å². The third kappa shape index (κ3) is 54.3. The maximum atomic E-state index is 13.6. The number of nitrogens with one attached hydrogen (secondary N) is 1. The lowest BCUT2D eigenvalue weighted by Crippen LogP contribution is -2.66. The third-order valence-corrected chi connectivity index (χ3v) is 25.3. The molecule has 3 saturated heterocycles. The number of ether oxygens (including phenoxy) is 6. The number of carbonyl (C=O) groups is 1. The van der Waals surface area contributed by atoms with E-state index in [0.29, 0.717) is 12.8 Å². The summed E-state index contributed by atoms with van der Waals surface area (Å²) in [5, 5.41) is 122. The molecule has 3 aliphatic heterocycles. The quantitative estimate of drug-likeness (QED) is 0.0199. The summed E-state index contributed by atoms with van der Waals surface area (Å²) < 4.78 is 34.7. The van der Waals surface area contributed by atoms with Crippen LogP contribution in [0.1, 0.15) is 470 Å². The Balaban J connectivity index is 1.27. The highest BCUT2D eigenvalue weighted by molar-refractivity contribution is 5.76. The molecular formula is C97H187NO18. The summed E-state index contributed by atoms with van der Waals surface area (Å²) in [6.07, 6.45) is 70.8. The number of hydrogen-bond acceptors (Lipinski definition) is 18. The minimum absolute atomic E-state index is 0.230. The molecule has 3 rings (SSSR count). The van der Waals surface area contributed by atoms with E-state index in [2.05, 4.69) is 31.3 Å². The lowest BCUT2D eigenvalue weighted by molar-refractivity contribution is -0.379. The summed E-state index contributed by atoms with van der Waals surface area (Å²) in [5.41, 5.74) is 0. The van der Waals surface area contributed by atoms with E-state index in [-0.39, 0.29) is 18.9 Å². The molecule has 0 aromatic carbocycles. The van der Waals surface area contributed by atoms with Crippen LogP contribution in [0.3, 0.4) is 0 Å². The molecule has 3 aliphatic rings. The van der Waals surface area contributed by atoms with Gasteiger partial charge in [-0.05, 0) is 38.5 Å². The molecule has 19 heteroatoms. The molecule has 116 heavy (non-hydrogen) atoms. The second-order valence-corrected chi connectivity index (χ2v) is 36.0. The third-order valence-electron chi connectivity index (χ3n) is 25.3. The smallest absolute Gasteiger partial charge is 0.220 e. The van der Waals surface area contributed by atoms with E-state index in [1.807, 2.05) is 0 Å². The number of aliphatic hydroxyl groups excluding tert-OH is 11. The predicted molar refractivity (Wildman–Crippen MR) is 471 cm³/mol. The van der Waals surface area contributed by atoms with Crippen LogP contribution in [0.25, 0.3) is 0 Å². The molecule has 19 nitrogen and oxygen atoms in total. The molecule has 12 N–H and O–H groups in total. The van der Waals surface area contributed by atoms with E-state index in [1.54, 1.807) is 0 Å². The van der Waals surface area contributed by atoms with Crippen molar-refractivity contribution in [2.45, 2.75) is 574 Å². The molecule has 688 valence electrons. The van der Waals surface area contributed by atoms with Crippen LogP contribution in [0, 0.1) is 0 Å². The van der Waals surface area contributed by atoms with E-state index < -0.39 is 124 Å². The van der Waals surface area contributed by atoms with Crippen molar-refractivity contribution in [3.8, 4) is 0 Å². The van der Waals surface area contributed by atoms with Gasteiger partial charge in [-0.15, -0.1) is 0 Å². The van der Waals surface area contributed by atoms with E-state index in [0.717, 1.165) is 44.9 Å². The molecule has 3 heterocycles. The van der Waals surface area contributed by atoms with Gasteiger partial charge in [-0.3, -0.25) is 4.79 Å². The van der Waals surface area contributed by atoms with Crippen LogP contribution in [-0.2, 0) is 33.2 Å². The van der Waals surface area contributed by atoms with Crippen LogP contribution >= 0.6 is 0 Å². The van der Waals surface area contributed by atoms with Crippen molar-refractivity contribution in [2.24, 2.45) is 0 Å². The summed E-state index contributed by atoms with van der Waals surface area (Å²) >= 11 is 0. The largest absolute Gasteiger partial charge is 0.394 e. The first kappa shape index (κ1) is 109. The molecule has 17 unspecified atom stereocenters. The number of amides is 1. The summed E-state index contributed by atoms with van der Waals surface area (Å²) in [6.45, 7) is 1.89. The van der Waals surface area contributed by atoms with Gasteiger partial charge in [0.25, 0.3) is 0 Å². The van der Waals surface area contributed by atoms with Crippen molar-refractivity contribution in [3.05, 3.63) is 12.2 Å². The van der Waals surface area contributed by atoms with Crippen molar-refractivity contribution in [2.75, 3.05) is 26.4 Å². The van der Waals surface area contributed by atoms with Crippen molar-refractivity contribution < 1.29 is 89.4 Å². The molecule has 1 amide bonds. The minimum atomic E-state index is -1.97. The number of unbranched alkanes of at least 4 members (excludes halogenated alkanes) is 66. The van der Waals surface area contributed by atoms with Gasteiger partial charge in [0.15, 0.2) is 18.9 Å². The predicted octanol–water partition coefficient (Wildman–Crippen LogP) is 20.6. The van der Waals surface area contributed by atoms with Gasteiger partial charge in [-0.25, -0.2) is 0 Å². The van der Waals surface area contributed by atoms with Crippen molar-refractivity contribution in [1.29, 1.82) is 0 Å². The fourth-order valence-corrected chi connectivity index (χ4v) is 17.4. The van der Waals surface area contributed by atoms with Gasteiger partial charge in [-0.2, -0.15) is 0 Å². The number of rotatable bonds is 84. The number of aliphatic hydroxyl groups is 11. The second kappa shape index (κ2) is 77.1. The number of hydrogen-bond donors (Lipinski definition) is 12. The van der Waals surface area contributed by atoms with Crippen LogP contribution in [0.15, 0.2) is 12.2 Å². The molecule has 0 radical (unpaired) electrons. The van der Waals surface area contributed by atoms with Crippen molar-refractivity contribution >= 4 is 5.91 Å². The van der Waals surface area contributed by atoms with E-state index >= 15 is 0 Å². The first-order chi connectivity index (χ1) is 56.8. The fraction of sp³-hybridized carbons (Fsp3) is 0.969. The molecule has 0 aromatic rings. The number of allylic oxidation sites excluding steroid dienone is 2. The molecule has 3 fully saturated rings. The molecule has 0 saturated carbocycles. The Morgan fingerprint density at radius 3 is 0.836 bits per heavy atom. The van der Waals surface area contributed by atoms with Gasteiger partial charge < -0.3 is 89.9 Å². The molecule has 0 spiro atoms. The van der Waals surface area contributed by atoms with Crippen LogP contribution < -0.4 is 5.32 Å². The zero-order valence-electron chi connectivity index (χ0n) is 74.8. The molecule has 17 atom stereocenters. The zero-order chi connectivity index (χ0) is 83.8. The summed E-state index contributed by atoms with van der Waals surface area (Å²) in [4.78, 5) is 13.6. The van der Waals surface area contributed by atoms with Crippen molar-refractivity contribution in [3.63, 3.8) is 0 Å².